The molecule has 7 atom stereocenters. The van der Waals surface area contributed by atoms with Crippen LogP contribution in [-0.2, 0) is 24.1 Å². The van der Waals surface area contributed by atoms with Crippen molar-refractivity contribution in [2.45, 2.75) is 115 Å². The standard InChI is InChI=1S/C48H60N7O7P/c1-10-33(7)51-46-52-43-41(44(56)53-46)50-30-54(43)45-39-26-27-47(61-45,42(39)62-63(59-29-15-28-49)55(31(3)4)32(5)6)40(11-2)60-48(34-16-13-12-14-17-34,35-18-22-37(57-8)23-19-35)36-20-24-38(58-9)25-21-36/h11-14,16-25,30-33,39-40,42,45H,2,10,15,26-27,29H2,1,3-9H3,(H2,51,52,53,56)/t33?,39-,40-,42-,45?,47?,63?/m1/s1. The summed E-state index contributed by atoms with van der Waals surface area (Å²) < 4.78 is 44.6. The maximum absolute atomic E-state index is 13.5. The minimum Gasteiger partial charge on any atom is -0.497 e. The molecule has 2 aromatic heterocycles. The number of nitrogens with zero attached hydrogens (tertiary/aromatic N) is 5. The number of hydrogen-bond acceptors (Lipinski definition) is 12. The Balaban J connectivity index is 1.42. The van der Waals surface area contributed by atoms with Crippen LogP contribution >= 0.6 is 8.53 Å². The Bertz CT molecular complexity index is 2350. The van der Waals surface area contributed by atoms with E-state index in [1.807, 2.05) is 84.3 Å². The highest BCUT2D eigenvalue weighted by atomic mass is 31.2. The summed E-state index contributed by atoms with van der Waals surface area (Å²) in [5.74, 6) is 1.50. The fourth-order valence-electron chi connectivity index (χ4n) is 9.05. The van der Waals surface area contributed by atoms with Crippen molar-refractivity contribution in [3.05, 3.63) is 125 Å². The first-order valence-electron chi connectivity index (χ1n) is 21.8. The first-order chi connectivity index (χ1) is 30.4. The smallest absolute Gasteiger partial charge is 0.280 e. The number of hydrogen-bond donors (Lipinski definition) is 2. The van der Waals surface area contributed by atoms with Crippen molar-refractivity contribution < 1.29 is 28.0 Å². The van der Waals surface area contributed by atoms with Gasteiger partial charge < -0.3 is 33.3 Å². The quantitative estimate of drug-likeness (QED) is 0.0312. The van der Waals surface area contributed by atoms with E-state index >= 15 is 0 Å². The number of methoxy groups -OCH3 is 2. The zero-order valence-electron chi connectivity index (χ0n) is 37.5. The van der Waals surface area contributed by atoms with Crippen LogP contribution < -0.4 is 20.3 Å². The molecule has 1 saturated carbocycles. The van der Waals surface area contributed by atoms with Crippen molar-refractivity contribution in [2.75, 3.05) is 26.1 Å². The van der Waals surface area contributed by atoms with E-state index in [2.05, 4.69) is 79.4 Å². The number of aromatic nitrogens is 4. The van der Waals surface area contributed by atoms with Gasteiger partial charge in [0, 0.05) is 24.0 Å². The SMILES string of the molecule is C=C[C@@H](OC(c1ccccc1)(c1ccc(OC)cc1)c1ccc(OC)cc1)C12CC[C@@H](C(n3cnc4c(=O)[nH]c(NC(C)CC)nc43)O1)[C@H]2OP(OCCC#N)N(C(C)C)C(C)C. The van der Waals surface area contributed by atoms with Crippen LogP contribution in [0.25, 0.3) is 11.2 Å². The lowest BCUT2D eigenvalue weighted by atomic mass is 9.79. The van der Waals surface area contributed by atoms with E-state index in [1.54, 1.807) is 20.5 Å². The molecule has 0 spiro atoms. The number of nitriles is 1. The predicted molar refractivity (Wildman–Crippen MR) is 245 cm³/mol. The van der Waals surface area contributed by atoms with Gasteiger partial charge in [0.15, 0.2) is 11.2 Å². The third-order valence-corrected chi connectivity index (χ3v) is 14.3. The third kappa shape index (κ3) is 8.88. The highest BCUT2D eigenvalue weighted by molar-refractivity contribution is 7.44. The van der Waals surface area contributed by atoms with Gasteiger partial charge in [-0.25, -0.2) is 9.65 Å². The molecule has 2 N–H and O–H groups in total. The van der Waals surface area contributed by atoms with Gasteiger partial charge in [-0.15, -0.1) is 6.58 Å². The maximum atomic E-state index is 13.5. The molecule has 3 aromatic carbocycles. The Morgan fingerprint density at radius 2 is 1.63 bits per heavy atom. The normalized spacial score (nSPS) is 21.1. The van der Waals surface area contributed by atoms with Crippen molar-refractivity contribution in [3.63, 3.8) is 0 Å². The summed E-state index contributed by atoms with van der Waals surface area (Å²) in [7, 11) is 1.56. The van der Waals surface area contributed by atoms with Gasteiger partial charge in [0.2, 0.25) is 5.95 Å². The molecule has 7 rings (SSSR count). The summed E-state index contributed by atoms with van der Waals surface area (Å²) >= 11 is 0. The summed E-state index contributed by atoms with van der Waals surface area (Å²) in [5.41, 5.74) is 0.446. The van der Waals surface area contributed by atoms with Gasteiger partial charge in [-0.3, -0.25) is 14.3 Å². The Labute approximate surface area is 371 Å². The Morgan fingerprint density at radius 3 is 2.19 bits per heavy atom. The molecule has 63 heavy (non-hydrogen) atoms. The minimum absolute atomic E-state index is 0.0530. The van der Waals surface area contributed by atoms with Crippen LogP contribution in [0.3, 0.4) is 0 Å². The van der Waals surface area contributed by atoms with E-state index in [-0.39, 0.29) is 48.1 Å². The summed E-state index contributed by atoms with van der Waals surface area (Å²) in [6.45, 7) is 17.2. The molecule has 0 amide bonds. The van der Waals surface area contributed by atoms with Gasteiger partial charge in [0.05, 0.1) is 39.6 Å². The van der Waals surface area contributed by atoms with Crippen LogP contribution in [0.2, 0.25) is 0 Å². The largest absolute Gasteiger partial charge is 0.497 e. The van der Waals surface area contributed by atoms with Crippen LogP contribution in [0.15, 0.2) is 103 Å². The summed E-state index contributed by atoms with van der Waals surface area (Å²) in [6.07, 6.45) is 3.63. The number of benzene rings is 3. The van der Waals surface area contributed by atoms with Crippen LogP contribution in [0, 0.1) is 17.2 Å². The van der Waals surface area contributed by atoms with Crippen molar-refractivity contribution >= 4 is 25.6 Å². The summed E-state index contributed by atoms with van der Waals surface area (Å²) in [5, 5.41) is 12.9. The van der Waals surface area contributed by atoms with Crippen LogP contribution in [0.4, 0.5) is 5.95 Å². The molecule has 3 heterocycles. The van der Waals surface area contributed by atoms with Crippen molar-refractivity contribution in [2.24, 2.45) is 5.92 Å². The maximum Gasteiger partial charge on any atom is 0.280 e. The first-order valence-corrected chi connectivity index (χ1v) is 22.9. The van der Waals surface area contributed by atoms with Gasteiger partial charge in [-0.1, -0.05) is 67.6 Å². The van der Waals surface area contributed by atoms with E-state index in [0.717, 1.165) is 23.1 Å². The number of nitrogens with one attached hydrogen (secondary N) is 2. The monoisotopic (exact) mass is 877 g/mol. The molecule has 1 aliphatic heterocycles. The highest BCUT2D eigenvalue weighted by Gasteiger charge is 2.67. The molecule has 2 aliphatic rings. The second-order valence-corrected chi connectivity index (χ2v) is 18.1. The average Bonchev–Trinajstić information content (AvgIpc) is 3.97. The second kappa shape index (κ2) is 19.7. The van der Waals surface area contributed by atoms with Gasteiger partial charge in [0.25, 0.3) is 14.1 Å². The second-order valence-electron chi connectivity index (χ2n) is 16.7. The molecule has 2 fully saturated rings. The molecule has 334 valence electrons. The van der Waals surface area contributed by atoms with Gasteiger partial charge in [-0.2, -0.15) is 10.2 Å². The number of rotatable bonds is 21. The van der Waals surface area contributed by atoms with E-state index < -0.39 is 38.2 Å². The van der Waals surface area contributed by atoms with E-state index in [4.69, 9.17) is 33.0 Å². The molecular weight excluding hydrogens is 818 g/mol. The van der Waals surface area contributed by atoms with Crippen LogP contribution in [0.5, 0.6) is 11.5 Å². The van der Waals surface area contributed by atoms with Gasteiger partial charge >= 0.3 is 0 Å². The van der Waals surface area contributed by atoms with Crippen LogP contribution in [0.1, 0.15) is 90.1 Å². The van der Waals surface area contributed by atoms with Gasteiger partial charge in [-0.05, 0) is 94.8 Å². The molecular formula is C48H60N7O7P. The molecule has 2 bridgehead atoms. The lowest BCUT2D eigenvalue weighted by Crippen LogP contribution is -2.53. The van der Waals surface area contributed by atoms with E-state index in [9.17, 15) is 10.1 Å². The zero-order valence-corrected chi connectivity index (χ0v) is 38.4. The number of H-pyrrole nitrogens is 1. The average molecular weight is 878 g/mol. The predicted octanol–water partition coefficient (Wildman–Crippen LogP) is 9.25. The third-order valence-electron chi connectivity index (χ3n) is 12.2. The van der Waals surface area contributed by atoms with E-state index in [1.165, 1.54) is 0 Å². The Morgan fingerprint density at radius 1 is 1.02 bits per heavy atom. The van der Waals surface area contributed by atoms with Gasteiger partial charge in [0.1, 0.15) is 41.1 Å². The van der Waals surface area contributed by atoms with Crippen molar-refractivity contribution in [1.82, 2.24) is 24.2 Å². The fourth-order valence-corrected chi connectivity index (χ4v) is 10.9. The lowest BCUT2D eigenvalue weighted by molar-refractivity contribution is -0.192. The number of aromatic amines is 1. The number of imidazole rings is 1. The Hall–Kier alpha value is -5.13. The number of ether oxygens (including phenoxy) is 4. The topological polar surface area (TPSA) is 158 Å². The van der Waals surface area contributed by atoms with Crippen LogP contribution in [-0.4, -0.2) is 81.0 Å². The minimum atomic E-state index is -1.73. The number of fused-ring (bicyclic) bond motifs is 3. The fraction of sp³-hybridized carbons (Fsp3) is 0.458. The molecule has 5 aromatic rings. The molecule has 4 unspecified atom stereocenters. The van der Waals surface area contributed by atoms with E-state index in [0.29, 0.717) is 35.9 Å². The number of anilines is 1. The lowest BCUT2D eigenvalue weighted by Gasteiger charge is -2.45. The molecule has 1 saturated heterocycles. The summed E-state index contributed by atoms with van der Waals surface area (Å²) in [6, 6.07) is 28.3. The first kappa shape index (κ1) is 45.9. The molecule has 15 heteroatoms. The zero-order chi connectivity index (χ0) is 44.9. The Kier molecular flexibility index (Phi) is 14.4. The molecule has 1 aliphatic carbocycles. The highest BCUT2D eigenvalue weighted by Crippen LogP contribution is 2.62. The molecule has 0 radical (unpaired) electrons. The molecule has 14 nitrogen and oxygen atoms in total. The van der Waals surface area contributed by atoms with Crippen molar-refractivity contribution in [3.8, 4) is 17.6 Å². The van der Waals surface area contributed by atoms with Crippen molar-refractivity contribution in [1.29, 1.82) is 5.26 Å². The summed E-state index contributed by atoms with van der Waals surface area (Å²) in [4.78, 5) is 25.8.